The Labute approximate surface area is 106 Å². The van der Waals surface area contributed by atoms with Crippen LogP contribution in [0.2, 0.25) is 5.02 Å². The minimum atomic E-state index is 0.249. The molecule has 2 rings (SSSR count). The van der Waals surface area contributed by atoms with E-state index in [1.54, 1.807) is 19.2 Å². The summed E-state index contributed by atoms with van der Waals surface area (Å²) in [5, 5.41) is 0.579. The fraction of sp³-hybridized carbons (Fsp3) is 0.500. The molecule has 1 aliphatic carbocycles. The first-order chi connectivity index (χ1) is 8.24. The van der Waals surface area contributed by atoms with Gasteiger partial charge in [0.05, 0.1) is 19.8 Å². The van der Waals surface area contributed by atoms with Gasteiger partial charge in [-0.1, -0.05) is 11.6 Å². The molecule has 0 unspecified atom stereocenters. The van der Waals surface area contributed by atoms with Gasteiger partial charge in [-0.15, -0.1) is 0 Å². The van der Waals surface area contributed by atoms with Gasteiger partial charge in [0.2, 0.25) is 0 Å². The molecule has 0 heterocycles. The fourth-order valence-corrected chi connectivity index (χ4v) is 1.99. The third-order valence-electron chi connectivity index (χ3n) is 2.89. The number of hydrogen-bond donors (Lipinski definition) is 1. The van der Waals surface area contributed by atoms with E-state index in [1.807, 2.05) is 0 Å². The summed E-state index contributed by atoms with van der Waals surface area (Å²) in [6.45, 7) is 0.249. The van der Waals surface area contributed by atoms with Crippen LogP contribution in [-0.2, 0) is 11.4 Å². The van der Waals surface area contributed by atoms with Crippen LogP contribution in [0.5, 0.6) is 11.5 Å². The number of methoxy groups -OCH3 is 1. The Morgan fingerprint density at radius 1 is 1.41 bits per heavy atom. The van der Waals surface area contributed by atoms with Gasteiger partial charge in [-0.2, -0.15) is 0 Å². The topological polar surface area (TPSA) is 53.7 Å². The lowest BCUT2D eigenvalue weighted by Gasteiger charge is -2.28. The molecule has 17 heavy (non-hydrogen) atoms. The van der Waals surface area contributed by atoms with E-state index in [-0.39, 0.29) is 12.7 Å². The van der Waals surface area contributed by atoms with Crippen molar-refractivity contribution in [1.29, 1.82) is 0 Å². The fourth-order valence-electron chi connectivity index (χ4n) is 1.76. The van der Waals surface area contributed by atoms with Crippen LogP contribution in [0.25, 0.3) is 0 Å². The van der Waals surface area contributed by atoms with Crippen molar-refractivity contribution in [2.75, 3.05) is 7.11 Å². The molecule has 1 aromatic carbocycles. The first kappa shape index (κ1) is 12.5. The van der Waals surface area contributed by atoms with E-state index in [4.69, 9.17) is 27.0 Å². The molecular weight excluding hydrogens is 242 g/mol. The van der Waals surface area contributed by atoms with Crippen molar-refractivity contribution in [3.05, 3.63) is 22.7 Å². The Bertz CT molecular complexity index is 394. The van der Waals surface area contributed by atoms with Crippen LogP contribution in [0.15, 0.2) is 12.1 Å². The van der Waals surface area contributed by atoms with E-state index >= 15 is 0 Å². The monoisotopic (exact) mass is 257 g/mol. The summed E-state index contributed by atoms with van der Waals surface area (Å²) < 4.78 is 11.2. The Balaban J connectivity index is 2.29. The van der Waals surface area contributed by atoms with Crippen molar-refractivity contribution in [2.45, 2.75) is 32.0 Å². The van der Waals surface area contributed by atoms with Gasteiger partial charge in [0.1, 0.15) is 0 Å². The molecule has 1 aromatic rings. The molecule has 1 fully saturated rings. The average Bonchev–Trinajstić information content (AvgIpc) is 2.25. The van der Waals surface area contributed by atoms with E-state index < -0.39 is 0 Å². The molecule has 0 saturated heterocycles. The van der Waals surface area contributed by atoms with Gasteiger partial charge >= 0.3 is 0 Å². The highest BCUT2D eigenvalue weighted by atomic mass is 35.5. The third-order valence-corrected chi connectivity index (χ3v) is 3.11. The maximum Gasteiger partial charge on any atom is 0.167 e. The van der Waals surface area contributed by atoms with E-state index in [1.165, 1.54) is 6.42 Å². The normalized spacial score (nSPS) is 15.5. The lowest BCUT2D eigenvalue weighted by Crippen LogP contribution is -2.25. The van der Waals surface area contributed by atoms with Crippen LogP contribution in [0.4, 0.5) is 0 Å². The summed E-state index contributed by atoms with van der Waals surface area (Å²) in [6, 6.07) is 3.51. The molecular formula is C12H16ClNO3. The third kappa shape index (κ3) is 2.83. The van der Waals surface area contributed by atoms with Gasteiger partial charge < -0.3 is 9.47 Å². The summed E-state index contributed by atoms with van der Waals surface area (Å²) in [5.41, 5.74) is 0.809. The van der Waals surface area contributed by atoms with Gasteiger partial charge in [-0.3, -0.25) is 4.84 Å². The van der Waals surface area contributed by atoms with Crippen LogP contribution in [0, 0.1) is 0 Å². The largest absolute Gasteiger partial charge is 0.493 e. The van der Waals surface area contributed by atoms with Crippen molar-refractivity contribution >= 4 is 11.6 Å². The second-order valence-electron chi connectivity index (χ2n) is 4.08. The number of halogens is 1. The predicted octanol–water partition coefficient (Wildman–Crippen LogP) is 2.67. The summed E-state index contributed by atoms with van der Waals surface area (Å²) in [5.74, 6) is 6.42. The van der Waals surface area contributed by atoms with Crippen molar-refractivity contribution in [3.8, 4) is 11.5 Å². The van der Waals surface area contributed by atoms with Crippen molar-refractivity contribution in [3.63, 3.8) is 0 Å². The minimum Gasteiger partial charge on any atom is -0.493 e. The van der Waals surface area contributed by atoms with Gasteiger partial charge in [0.15, 0.2) is 11.5 Å². The van der Waals surface area contributed by atoms with Crippen LogP contribution in [-0.4, -0.2) is 13.2 Å². The molecule has 4 nitrogen and oxygen atoms in total. The summed E-state index contributed by atoms with van der Waals surface area (Å²) in [4.78, 5) is 4.66. The second kappa shape index (κ2) is 5.58. The number of nitrogens with two attached hydrogens (primary N) is 1. The van der Waals surface area contributed by atoms with E-state index in [2.05, 4.69) is 4.84 Å². The quantitative estimate of drug-likeness (QED) is 0.824. The lowest BCUT2D eigenvalue weighted by atomic mass is 9.96. The summed E-state index contributed by atoms with van der Waals surface area (Å²) >= 11 is 5.99. The van der Waals surface area contributed by atoms with Crippen LogP contribution >= 0.6 is 11.6 Å². The highest BCUT2D eigenvalue weighted by Crippen LogP contribution is 2.38. The standard InChI is InChI=1S/C12H16ClNO3/c1-15-11-6-9(13)5-8(7-16-14)12(11)17-10-3-2-4-10/h5-6,10H,2-4,7,14H2,1H3. The molecule has 0 bridgehead atoms. The molecule has 0 spiro atoms. The Morgan fingerprint density at radius 3 is 2.71 bits per heavy atom. The minimum absolute atomic E-state index is 0.249. The Hall–Kier alpha value is -0.970. The van der Waals surface area contributed by atoms with Crippen LogP contribution in [0.3, 0.4) is 0 Å². The molecule has 1 saturated carbocycles. The van der Waals surface area contributed by atoms with Crippen molar-refractivity contribution < 1.29 is 14.3 Å². The molecule has 0 aromatic heterocycles. The number of benzene rings is 1. The zero-order chi connectivity index (χ0) is 12.3. The second-order valence-corrected chi connectivity index (χ2v) is 4.51. The van der Waals surface area contributed by atoms with Crippen LogP contribution < -0.4 is 15.4 Å². The predicted molar refractivity (Wildman–Crippen MR) is 65.2 cm³/mol. The highest BCUT2D eigenvalue weighted by molar-refractivity contribution is 6.30. The van der Waals surface area contributed by atoms with Crippen LogP contribution in [0.1, 0.15) is 24.8 Å². The molecule has 0 aliphatic heterocycles. The van der Waals surface area contributed by atoms with E-state index in [9.17, 15) is 0 Å². The molecule has 5 heteroatoms. The lowest BCUT2D eigenvalue weighted by molar-refractivity contribution is 0.0983. The van der Waals surface area contributed by atoms with E-state index in [0.29, 0.717) is 16.5 Å². The summed E-state index contributed by atoms with van der Waals surface area (Å²) in [7, 11) is 1.59. The molecule has 0 radical (unpaired) electrons. The molecule has 1 aliphatic rings. The summed E-state index contributed by atoms with van der Waals surface area (Å²) in [6.07, 6.45) is 3.63. The van der Waals surface area contributed by atoms with Gasteiger partial charge in [0.25, 0.3) is 0 Å². The molecule has 94 valence electrons. The maximum absolute atomic E-state index is 5.99. The van der Waals surface area contributed by atoms with Gasteiger partial charge in [0, 0.05) is 16.7 Å². The first-order valence-corrected chi connectivity index (χ1v) is 5.97. The molecule has 0 atom stereocenters. The van der Waals surface area contributed by atoms with Crippen molar-refractivity contribution in [1.82, 2.24) is 0 Å². The maximum atomic E-state index is 5.99. The number of hydrogen-bond acceptors (Lipinski definition) is 4. The van der Waals surface area contributed by atoms with Crippen molar-refractivity contribution in [2.24, 2.45) is 5.90 Å². The highest BCUT2D eigenvalue weighted by Gasteiger charge is 2.23. The Morgan fingerprint density at radius 2 is 2.18 bits per heavy atom. The zero-order valence-electron chi connectivity index (χ0n) is 9.74. The Kier molecular flexibility index (Phi) is 4.10. The zero-order valence-corrected chi connectivity index (χ0v) is 10.5. The number of ether oxygens (including phenoxy) is 2. The van der Waals surface area contributed by atoms with Gasteiger partial charge in [-0.25, -0.2) is 5.90 Å². The molecule has 0 amide bonds. The van der Waals surface area contributed by atoms with E-state index in [0.717, 1.165) is 18.4 Å². The number of rotatable bonds is 5. The average molecular weight is 258 g/mol. The smallest absolute Gasteiger partial charge is 0.167 e. The SMILES string of the molecule is COc1cc(Cl)cc(CON)c1OC1CCC1. The first-order valence-electron chi connectivity index (χ1n) is 5.59. The molecule has 2 N–H and O–H groups in total. The van der Waals surface area contributed by atoms with Gasteiger partial charge in [-0.05, 0) is 25.3 Å².